The minimum Gasteiger partial charge on any atom is -0.476 e. The number of carboxylic acids is 1. The predicted octanol–water partition coefficient (Wildman–Crippen LogP) is 2.55. The Kier molecular flexibility index (Phi) is 4.35. The van der Waals surface area contributed by atoms with Crippen LogP contribution in [0.5, 0.6) is 11.6 Å². The summed E-state index contributed by atoms with van der Waals surface area (Å²) in [6.07, 6.45) is 5.68. The van der Waals surface area contributed by atoms with Crippen molar-refractivity contribution in [2.75, 3.05) is 7.05 Å². The zero-order valence-corrected chi connectivity index (χ0v) is 13.4. The second kappa shape index (κ2) is 6.76. The Hall–Kier alpha value is -3.79. The van der Waals surface area contributed by atoms with Crippen LogP contribution in [0.1, 0.15) is 16.1 Å². The van der Waals surface area contributed by atoms with E-state index in [1.807, 2.05) is 36.4 Å². The fourth-order valence-corrected chi connectivity index (χ4v) is 2.03. The summed E-state index contributed by atoms with van der Waals surface area (Å²) in [5.74, 6) is 5.22. The van der Waals surface area contributed by atoms with E-state index in [0.717, 1.165) is 16.8 Å². The molecule has 2 aromatic rings. The second-order valence-corrected chi connectivity index (χ2v) is 5.20. The van der Waals surface area contributed by atoms with Crippen LogP contribution < -0.4 is 4.74 Å². The van der Waals surface area contributed by atoms with E-state index in [4.69, 9.17) is 9.84 Å². The molecule has 0 aliphatic carbocycles. The highest BCUT2D eigenvalue weighted by Crippen LogP contribution is 2.22. The minimum absolute atomic E-state index is 0.101. The van der Waals surface area contributed by atoms with Crippen molar-refractivity contribution in [2.24, 2.45) is 0 Å². The van der Waals surface area contributed by atoms with Crippen LogP contribution in [-0.4, -0.2) is 38.4 Å². The first-order chi connectivity index (χ1) is 12.0. The number of allylic oxidation sites excluding steroid dienone is 3. The number of likely N-dealkylation sites (N-methyl/N-ethyl adjacent to an activating group) is 1. The van der Waals surface area contributed by atoms with Gasteiger partial charge in [0.05, 0.1) is 0 Å². The molecule has 0 radical (unpaired) electrons. The van der Waals surface area contributed by atoms with Crippen LogP contribution in [0.3, 0.4) is 0 Å². The van der Waals surface area contributed by atoms with Gasteiger partial charge in [0, 0.05) is 30.1 Å². The van der Waals surface area contributed by atoms with Crippen molar-refractivity contribution >= 4 is 5.97 Å². The van der Waals surface area contributed by atoms with Crippen LogP contribution in [0.15, 0.2) is 60.5 Å². The molecule has 25 heavy (non-hydrogen) atoms. The number of carbonyl (C=O) groups is 1. The molecule has 0 amide bonds. The number of nitrogens with one attached hydrogen (secondary N) is 1. The van der Waals surface area contributed by atoms with Crippen LogP contribution in [0, 0.1) is 11.8 Å². The molecule has 1 aromatic heterocycles. The van der Waals surface area contributed by atoms with Gasteiger partial charge in [-0.15, -0.1) is 0 Å². The average Bonchev–Trinajstić information content (AvgIpc) is 3.05. The highest BCUT2D eigenvalue weighted by molar-refractivity contribution is 5.87. The van der Waals surface area contributed by atoms with Gasteiger partial charge in [-0.25, -0.2) is 9.89 Å². The minimum atomic E-state index is -1.20. The van der Waals surface area contributed by atoms with E-state index in [-0.39, 0.29) is 11.6 Å². The van der Waals surface area contributed by atoms with Gasteiger partial charge >= 0.3 is 5.97 Å². The molecule has 7 nitrogen and oxygen atoms in total. The average molecular weight is 334 g/mol. The first-order valence-corrected chi connectivity index (χ1v) is 7.29. The molecule has 7 heteroatoms. The van der Waals surface area contributed by atoms with E-state index in [2.05, 4.69) is 33.8 Å². The van der Waals surface area contributed by atoms with Gasteiger partial charge in [0.1, 0.15) is 5.75 Å². The molecule has 0 spiro atoms. The molecule has 0 bridgehead atoms. The van der Waals surface area contributed by atoms with Gasteiger partial charge in [0.15, 0.2) is 0 Å². The number of aromatic carboxylic acids is 1. The zero-order chi connectivity index (χ0) is 17.8. The third-order valence-corrected chi connectivity index (χ3v) is 3.37. The summed E-state index contributed by atoms with van der Waals surface area (Å²) in [5.41, 5.74) is 2.25. The molecule has 2 heterocycles. The van der Waals surface area contributed by atoms with Gasteiger partial charge in [-0.05, 0) is 30.4 Å². The maximum absolute atomic E-state index is 11.0. The monoisotopic (exact) mass is 334 g/mol. The number of carboxylic acid groups (broad SMARTS) is 1. The second-order valence-electron chi connectivity index (χ2n) is 5.20. The Labute approximate surface area is 143 Å². The smallest absolute Gasteiger partial charge is 0.359 e. The van der Waals surface area contributed by atoms with Crippen LogP contribution in [0.4, 0.5) is 0 Å². The van der Waals surface area contributed by atoms with Crippen LogP contribution in [0.2, 0.25) is 0 Å². The lowest BCUT2D eigenvalue weighted by Crippen LogP contribution is -2.10. The first-order valence-electron chi connectivity index (χ1n) is 7.29. The summed E-state index contributed by atoms with van der Waals surface area (Å²) in [6, 6.07) is 6.97. The van der Waals surface area contributed by atoms with Crippen molar-refractivity contribution in [3.8, 4) is 23.5 Å². The van der Waals surface area contributed by atoms with Crippen LogP contribution >= 0.6 is 0 Å². The number of rotatable bonds is 3. The summed E-state index contributed by atoms with van der Waals surface area (Å²) in [5, 5.41) is 18.4. The lowest BCUT2D eigenvalue weighted by Gasteiger charge is -2.17. The van der Waals surface area contributed by atoms with E-state index in [9.17, 15) is 4.79 Å². The third kappa shape index (κ3) is 3.76. The molecule has 0 unspecified atom stereocenters. The van der Waals surface area contributed by atoms with Crippen molar-refractivity contribution < 1.29 is 14.6 Å². The Morgan fingerprint density at radius 1 is 1.36 bits per heavy atom. The van der Waals surface area contributed by atoms with Crippen molar-refractivity contribution in [3.63, 3.8) is 0 Å². The molecule has 0 saturated carbocycles. The van der Waals surface area contributed by atoms with Crippen LogP contribution in [-0.2, 0) is 0 Å². The molecular weight excluding hydrogens is 320 g/mol. The number of ether oxygens (including phenoxy) is 1. The first kappa shape index (κ1) is 16.1. The lowest BCUT2D eigenvalue weighted by molar-refractivity contribution is 0.0687. The van der Waals surface area contributed by atoms with E-state index in [1.54, 1.807) is 18.2 Å². The highest BCUT2D eigenvalue weighted by atomic mass is 16.5. The Morgan fingerprint density at radius 2 is 2.20 bits per heavy atom. The molecule has 0 saturated heterocycles. The zero-order valence-electron chi connectivity index (χ0n) is 13.4. The standard InChI is InChI=1S/C18H14N4O3/c1-12-6-7-14(11-22(12)2)9-8-13-4-3-5-15(10-13)25-17-16(18(23)24)19-21-20-17/h3-7,10-11H,1H2,2H3,(H,23,24)(H,19,20,21). The number of aromatic amines is 1. The lowest BCUT2D eigenvalue weighted by atomic mass is 10.1. The maximum Gasteiger partial charge on any atom is 0.359 e. The van der Waals surface area contributed by atoms with Crippen molar-refractivity contribution in [1.29, 1.82) is 0 Å². The summed E-state index contributed by atoms with van der Waals surface area (Å²) >= 11 is 0. The van der Waals surface area contributed by atoms with Gasteiger partial charge < -0.3 is 14.7 Å². The van der Waals surface area contributed by atoms with E-state index in [0.29, 0.717) is 5.75 Å². The summed E-state index contributed by atoms with van der Waals surface area (Å²) in [6.45, 7) is 3.89. The molecule has 3 rings (SSSR count). The molecular formula is C18H14N4O3. The Morgan fingerprint density at radius 3 is 2.96 bits per heavy atom. The molecule has 0 atom stereocenters. The van der Waals surface area contributed by atoms with Gasteiger partial charge in [-0.1, -0.05) is 34.8 Å². The summed E-state index contributed by atoms with van der Waals surface area (Å²) in [7, 11) is 1.90. The van der Waals surface area contributed by atoms with E-state index >= 15 is 0 Å². The van der Waals surface area contributed by atoms with Crippen molar-refractivity contribution in [1.82, 2.24) is 20.3 Å². The van der Waals surface area contributed by atoms with Gasteiger partial charge in [0.25, 0.3) is 5.88 Å². The number of H-pyrrole nitrogens is 1. The third-order valence-electron chi connectivity index (χ3n) is 3.37. The van der Waals surface area contributed by atoms with Gasteiger partial charge in [-0.2, -0.15) is 0 Å². The molecule has 2 N–H and O–H groups in total. The SMILES string of the molecule is C=C1C=CC(C#Cc2cccc(Oc3nn[nH]c3C(=O)O)c2)=CN1C. The Balaban J connectivity index is 1.79. The van der Waals surface area contributed by atoms with Gasteiger partial charge in [0.2, 0.25) is 5.69 Å². The quantitative estimate of drug-likeness (QED) is 0.838. The molecule has 1 aromatic carbocycles. The summed E-state index contributed by atoms with van der Waals surface area (Å²) in [4.78, 5) is 12.9. The van der Waals surface area contributed by atoms with Crippen LogP contribution in [0.25, 0.3) is 0 Å². The number of hydrogen-bond acceptors (Lipinski definition) is 5. The van der Waals surface area contributed by atoms with Gasteiger partial charge in [-0.3, -0.25) is 0 Å². The number of nitrogens with zero attached hydrogens (tertiary/aromatic N) is 3. The highest BCUT2D eigenvalue weighted by Gasteiger charge is 2.16. The number of benzene rings is 1. The predicted molar refractivity (Wildman–Crippen MR) is 90.9 cm³/mol. The normalized spacial score (nSPS) is 13.1. The van der Waals surface area contributed by atoms with Crippen molar-refractivity contribution in [3.05, 3.63) is 71.7 Å². The number of hydrogen-bond donors (Lipinski definition) is 2. The number of aromatic nitrogens is 3. The maximum atomic E-state index is 11.0. The van der Waals surface area contributed by atoms with E-state index in [1.165, 1.54) is 0 Å². The summed E-state index contributed by atoms with van der Waals surface area (Å²) < 4.78 is 5.47. The molecule has 124 valence electrons. The van der Waals surface area contributed by atoms with Crippen molar-refractivity contribution in [2.45, 2.75) is 0 Å². The molecule has 0 fully saturated rings. The van der Waals surface area contributed by atoms with E-state index < -0.39 is 5.97 Å². The molecule has 1 aliphatic heterocycles. The fraction of sp³-hybridized carbons (Fsp3) is 0.0556. The largest absolute Gasteiger partial charge is 0.476 e. The Bertz CT molecular complexity index is 960. The molecule has 1 aliphatic rings. The topological polar surface area (TPSA) is 91.3 Å². The fourth-order valence-electron chi connectivity index (χ4n) is 2.03.